The van der Waals surface area contributed by atoms with Crippen LogP contribution in [0.3, 0.4) is 0 Å². The molecule has 26 heavy (non-hydrogen) atoms. The molecule has 0 bridgehead atoms. The Morgan fingerprint density at radius 2 is 2.00 bits per heavy atom. The normalized spacial score (nSPS) is 16.9. The number of ether oxygens (including phenoxy) is 2. The van der Waals surface area contributed by atoms with Gasteiger partial charge in [0.05, 0.1) is 5.00 Å². The van der Waals surface area contributed by atoms with Gasteiger partial charge in [-0.25, -0.2) is 0 Å². The SMILES string of the molecule is CN=C(NCCc1ccc2c(c1)OCO2)N1CCN(c2cccs2)CC1. The van der Waals surface area contributed by atoms with Gasteiger partial charge in [-0.2, -0.15) is 0 Å². The van der Waals surface area contributed by atoms with Crippen molar-refractivity contribution in [2.45, 2.75) is 6.42 Å². The number of piperazine rings is 1. The summed E-state index contributed by atoms with van der Waals surface area (Å²) in [5, 5.41) is 6.99. The molecule has 0 aliphatic carbocycles. The summed E-state index contributed by atoms with van der Waals surface area (Å²) in [4.78, 5) is 9.24. The molecule has 0 saturated carbocycles. The van der Waals surface area contributed by atoms with Crippen LogP contribution < -0.4 is 19.7 Å². The second-order valence-corrected chi connectivity index (χ2v) is 7.26. The molecular weight excluding hydrogens is 348 g/mol. The van der Waals surface area contributed by atoms with E-state index >= 15 is 0 Å². The van der Waals surface area contributed by atoms with E-state index in [1.54, 1.807) is 0 Å². The van der Waals surface area contributed by atoms with Crippen LogP contribution in [0.1, 0.15) is 5.56 Å². The van der Waals surface area contributed by atoms with E-state index in [4.69, 9.17) is 9.47 Å². The van der Waals surface area contributed by atoms with Crippen molar-refractivity contribution in [3.05, 3.63) is 41.3 Å². The van der Waals surface area contributed by atoms with Crippen LogP contribution in [-0.4, -0.2) is 57.4 Å². The summed E-state index contributed by atoms with van der Waals surface area (Å²) in [7, 11) is 1.86. The number of hydrogen-bond acceptors (Lipinski definition) is 5. The molecular formula is C19H24N4O2S. The first-order valence-electron chi connectivity index (χ1n) is 8.96. The Kier molecular flexibility index (Phi) is 5.15. The number of hydrogen-bond donors (Lipinski definition) is 1. The number of rotatable bonds is 4. The Balaban J connectivity index is 1.26. The molecule has 2 aliphatic heterocycles. The molecule has 1 aromatic carbocycles. The lowest BCUT2D eigenvalue weighted by molar-refractivity contribution is 0.174. The summed E-state index contributed by atoms with van der Waals surface area (Å²) in [5.41, 5.74) is 1.24. The smallest absolute Gasteiger partial charge is 0.231 e. The topological polar surface area (TPSA) is 49.3 Å². The highest BCUT2D eigenvalue weighted by molar-refractivity contribution is 7.14. The van der Waals surface area contributed by atoms with Crippen LogP contribution in [0.5, 0.6) is 11.5 Å². The minimum absolute atomic E-state index is 0.321. The van der Waals surface area contributed by atoms with Gasteiger partial charge in [-0.1, -0.05) is 6.07 Å². The Morgan fingerprint density at radius 1 is 1.15 bits per heavy atom. The summed E-state index contributed by atoms with van der Waals surface area (Å²) < 4.78 is 10.8. The maximum absolute atomic E-state index is 5.45. The van der Waals surface area contributed by atoms with E-state index < -0.39 is 0 Å². The fourth-order valence-corrected chi connectivity index (χ4v) is 4.12. The number of thiophene rings is 1. The van der Waals surface area contributed by atoms with E-state index in [0.717, 1.165) is 56.6 Å². The van der Waals surface area contributed by atoms with Crippen LogP contribution in [0.15, 0.2) is 40.7 Å². The van der Waals surface area contributed by atoms with Crippen LogP contribution in [0.2, 0.25) is 0 Å². The van der Waals surface area contributed by atoms with Crippen molar-refractivity contribution in [1.82, 2.24) is 10.2 Å². The Hall–Kier alpha value is -2.41. The first-order chi connectivity index (χ1) is 12.8. The van der Waals surface area contributed by atoms with Gasteiger partial charge >= 0.3 is 0 Å². The fraction of sp³-hybridized carbons (Fsp3) is 0.421. The van der Waals surface area contributed by atoms with Gasteiger partial charge in [0, 0.05) is 39.8 Å². The van der Waals surface area contributed by atoms with Gasteiger partial charge in [0.15, 0.2) is 17.5 Å². The standard InChI is InChI=1S/C19H24N4O2S/c1-20-19(23-10-8-22(9-11-23)18-3-2-12-26-18)21-7-6-15-4-5-16-17(13-15)25-14-24-16/h2-5,12-13H,6-11,14H2,1H3,(H,20,21). The van der Waals surface area contributed by atoms with Crippen molar-refractivity contribution in [1.29, 1.82) is 0 Å². The quantitative estimate of drug-likeness (QED) is 0.660. The summed E-state index contributed by atoms with van der Waals surface area (Å²) in [6.07, 6.45) is 0.921. The summed E-state index contributed by atoms with van der Waals surface area (Å²) in [6.45, 7) is 5.20. The third-order valence-electron chi connectivity index (χ3n) is 4.74. The lowest BCUT2D eigenvalue weighted by Crippen LogP contribution is -2.52. The molecule has 3 heterocycles. The van der Waals surface area contributed by atoms with E-state index in [9.17, 15) is 0 Å². The van der Waals surface area contributed by atoms with Gasteiger partial charge in [-0.3, -0.25) is 4.99 Å². The predicted octanol–water partition coefficient (Wildman–Crippen LogP) is 2.42. The molecule has 1 N–H and O–H groups in total. The van der Waals surface area contributed by atoms with Crippen molar-refractivity contribution < 1.29 is 9.47 Å². The molecule has 0 radical (unpaired) electrons. The second-order valence-electron chi connectivity index (χ2n) is 6.34. The fourth-order valence-electron chi connectivity index (χ4n) is 3.34. The molecule has 0 amide bonds. The molecule has 1 saturated heterocycles. The highest BCUT2D eigenvalue weighted by atomic mass is 32.1. The lowest BCUT2D eigenvalue weighted by Gasteiger charge is -2.37. The monoisotopic (exact) mass is 372 g/mol. The number of nitrogens with one attached hydrogen (secondary N) is 1. The molecule has 138 valence electrons. The van der Waals surface area contributed by atoms with Gasteiger partial charge in [0.2, 0.25) is 6.79 Å². The zero-order valence-corrected chi connectivity index (χ0v) is 15.8. The van der Waals surface area contributed by atoms with Gasteiger partial charge < -0.3 is 24.6 Å². The van der Waals surface area contributed by atoms with Crippen LogP contribution in [0.4, 0.5) is 5.00 Å². The Bertz CT molecular complexity index is 755. The second kappa shape index (κ2) is 7.86. The zero-order chi connectivity index (χ0) is 17.8. The Labute approximate surface area is 158 Å². The van der Waals surface area contributed by atoms with E-state index in [1.807, 2.05) is 24.5 Å². The molecule has 0 unspecified atom stereocenters. The van der Waals surface area contributed by atoms with Gasteiger partial charge in [-0.05, 0) is 41.6 Å². The first kappa shape index (κ1) is 17.0. The summed E-state index contributed by atoms with van der Waals surface area (Å²) in [6, 6.07) is 10.4. The number of aliphatic imine (C=N–C) groups is 1. The molecule has 4 rings (SSSR count). The molecule has 1 aromatic heterocycles. The number of guanidine groups is 1. The van der Waals surface area contributed by atoms with Crippen LogP contribution in [-0.2, 0) is 6.42 Å². The highest BCUT2D eigenvalue weighted by Gasteiger charge is 2.20. The first-order valence-corrected chi connectivity index (χ1v) is 9.84. The van der Waals surface area contributed by atoms with Crippen molar-refractivity contribution in [2.24, 2.45) is 4.99 Å². The maximum Gasteiger partial charge on any atom is 0.231 e. The number of anilines is 1. The predicted molar refractivity (Wildman–Crippen MR) is 106 cm³/mol. The minimum Gasteiger partial charge on any atom is -0.454 e. The molecule has 2 aromatic rings. The average molecular weight is 372 g/mol. The maximum atomic E-state index is 5.45. The number of benzene rings is 1. The largest absolute Gasteiger partial charge is 0.454 e. The van der Waals surface area contributed by atoms with Crippen molar-refractivity contribution >= 4 is 22.3 Å². The van der Waals surface area contributed by atoms with Crippen molar-refractivity contribution in [3.63, 3.8) is 0 Å². The minimum atomic E-state index is 0.321. The zero-order valence-electron chi connectivity index (χ0n) is 15.0. The lowest BCUT2D eigenvalue weighted by atomic mass is 10.1. The molecule has 1 fully saturated rings. The molecule has 0 spiro atoms. The van der Waals surface area contributed by atoms with Gasteiger partial charge in [0.1, 0.15) is 0 Å². The number of nitrogens with zero attached hydrogens (tertiary/aromatic N) is 3. The van der Waals surface area contributed by atoms with Crippen LogP contribution in [0.25, 0.3) is 0 Å². The summed E-state index contributed by atoms with van der Waals surface area (Å²) in [5.74, 6) is 2.66. The van der Waals surface area contributed by atoms with Crippen molar-refractivity contribution in [3.8, 4) is 11.5 Å². The van der Waals surface area contributed by atoms with E-state index in [1.165, 1.54) is 10.6 Å². The van der Waals surface area contributed by atoms with Crippen LogP contribution in [0, 0.1) is 0 Å². The van der Waals surface area contributed by atoms with Crippen molar-refractivity contribution in [2.75, 3.05) is 51.5 Å². The molecule has 2 aliphatic rings. The van der Waals surface area contributed by atoms with Gasteiger partial charge in [-0.15, -0.1) is 11.3 Å². The molecule has 7 heteroatoms. The number of fused-ring (bicyclic) bond motifs is 1. The van der Waals surface area contributed by atoms with Crippen LogP contribution >= 0.6 is 11.3 Å². The Morgan fingerprint density at radius 3 is 2.77 bits per heavy atom. The summed E-state index contributed by atoms with van der Waals surface area (Å²) >= 11 is 1.81. The molecule has 6 nitrogen and oxygen atoms in total. The third kappa shape index (κ3) is 3.72. The van der Waals surface area contributed by atoms with E-state index in [-0.39, 0.29) is 0 Å². The highest BCUT2D eigenvalue weighted by Crippen LogP contribution is 2.32. The molecule has 0 atom stereocenters. The third-order valence-corrected chi connectivity index (χ3v) is 5.67. The van der Waals surface area contributed by atoms with E-state index in [2.05, 4.69) is 49.8 Å². The van der Waals surface area contributed by atoms with E-state index in [0.29, 0.717) is 6.79 Å². The average Bonchev–Trinajstić information content (AvgIpc) is 3.37. The van der Waals surface area contributed by atoms with Gasteiger partial charge in [0.25, 0.3) is 0 Å².